The molecule has 2 saturated heterocycles. The number of benzene rings is 1. The van der Waals surface area contributed by atoms with Crippen LogP contribution in [0.25, 0.3) is 0 Å². The number of carbonyl (C=O) groups excluding carboxylic acids is 2. The first-order valence-corrected chi connectivity index (χ1v) is 12.5. The van der Waals surface area contributed by atoms with Gasteiger partial charge in [-0.15, -0.1) is 0 Å². The lowest BCUT2D eigenvalue weighted by atomic mass is 9.98. The molecule has 9 heteroatoms. The molecule has 35 heavy (non-hydrogen) atoms. The molecule has 5 rings (SSSR count). The molecule has 4 heterocycles. The Kier molecular flexibility index (Phi) is 6.51. The van der Waals surface area contributed by atoms with Crippen molar-refractivity contribution in [1.29, 1.82) is 0 Å². The molecule has 0 bridgehead atoms. The fraction of sp³-hybridized carbons (Fsp3) is 0.500. The van der Waals surface area contributed by atoms with Gasteiger partial charge in [-0.05, 0) is 36.8 Å². The minimum atomic E-state index is -0.227. The first-order chi connectivity index (χ1) is 16.9. The Hall–Kier alpha value is -3.33. The molecule has 9 nitrogen and oxygen atoms in total. The number of piperazine rings is 1. The Morgan fingerprint density at radius 3 is 2.46 bits per heavy atom. The van der Waals surface area contributed by atoms with Gasteiger partial charge in [-0.2, -0.15) is 0 Å². The van der Waals surface area contributed by atoms with E-state index in [2.05, 4.69) is 46.4 Å². The second kappa shape index (κ2) is 9.73. The van der Waals surface area contributed by atoms with Crippen LogP contribution in [0.1, 0.15) is 42.7 Å². The molecule has 2 fully saturated rings. The van der Waals surface area contributed by atoms with Gasteiger partial charge in [0.15, 0.2) is 0 Å². The number of ether oxygens (including phenoxy) is 1. The number of morpholine rings is 1. The first kappa shape index (κ1) is 23.4. The molecular weight excluding hydrogens is 444 g/mol. The molecule has 0 saturated carbocycles. The van der Waals surface area contributed by atoms with Gasteiger partial charge in [0.2, 0.25) is 5.91 Å². The molecule has 0 radical (unpaired) electrons. The number of nitrogens with one attached hydrogen (secondary N) is 2. The number of aromatic nitrogens is 1. The molecule has 2 aromatic rings. The van der Waals surface area contributed by atoms with Gasteiger partial charge in [0, 0.05) is 81.3 Å². The summed E-state index contributed by atoms with van der Waals surface area (Å²) in [5.74, 6) is 1.03. The number of fused-ring (bicyclic) bond motifs is 1. The number of hydrogen-bond donors (Lipinski definition) is 2. The molecule has 3 aliphatic rings. The molecule has 0 aliphatic carbocycles. The fourth-order valence-electron chi connectivity index (χ4n) is 5.02. The zero-order valence-electron chi connectivity index (χ0n) is 20.7. The highest BCUT2D eigenvalue weighted by molar-refractivity contribution is 6.04. The SMILES string of the molecule is CC(=O)N1CCN(c2cc(C(=O)Nc3ccc4c(c3)C(C)C(C)N4)nc(N3CCOCC3)c2)CC1. The number of rotatable bonds is 4. The zero-order valence-corrected chi connectivity index (χ0v) is 20.7. The summed E-state index contributed by atoms with van der Waals surface area (Å²) < 4.78 is 5.51. The third kappa shape index (κ3) is 4.91. The van der Waals surface area contributed by atoms with Crippen LogP contribution in [0.4, 0.5) is 22.9 Å². The highest BCUT2D eigenvalue weighted by atomic mass is 16.5. The van der Waals surface area contributed by atoms with Crippen LogP contribution in [-0.2, 0) is 9.53 Å². The van der Waals surface area contributed by atoms with E-state index < -0.39 is 0 Å². The summed E-state index contributed by atoms with van der Waals surface area (Å²) >= 11 is 0. The van der Waals surface area contributed by atoms with Gasteiger partial charge in [-0.25, -0.2) is 4.98 Å². The molecule has 186 valence electrons. The number of amides is 2. The summed E-state index contributed by atoms with van der Waals surface area (Å²) in [6.45, 7) is 11.5. The maximum atomic E-state index is 13.4. The van der Waals surface area contributed by atoms with E-state index in [9.17, 15) is 9.59 Å². The molecule has 0 spiro atoms. The Bertz CT molecular complexity index is 1110. The Balaban J connectivity index is 1.40. The van der Waals surface area contributed by atoms with Gasteiger partial charge >= 0.3 is 0 Å². The van der Waals surface area contributed by atoms with E-state index in [1.165, 1.54) is 5.56 Å². The number of hydrogen-bond acceptors (Lipinski definition) is 7. The van der Waals surface area contributed by atoms with Crippen LogP contribution < -0.4 is 20.4 Å². The smallest absolute Gasteiger partial charge is 0.274 e. The van der Waals surface area contributed by atoms with Crippen molar-refractivity contribution in [3.05, 3.63) is 41.6 Å². The highest BCUT2D eigenvalue weighted by Crippen LogP contribution is 2.37. The molecule has 2 amide bonds. The molecule has 2 atom stereocenters. The van der Waals surface area contributed by atoms with Crippen LogP contribution in [0, 0.1) is 0 Å². The van der Waals surface area contributed by atoms with Crippen molar-refractivity contribution in [2.24, 2.45) is 0 Å². The van der Waals surface area contributed by atoms with Gasteiger partial charge in [0.05, 0.1) is 13.2 Å². The zero-order chi connectivity index (χ0) is 24.5. The Morgan fingerprint density at radius 2 is 1.74 bits per heavy atom. The van der Waals surface area contributed by atoms with E-state index in [0.29, 0.717) is 44.0 Å². The summed E-state index contributed by atoms with van der Waals surface area (Å²) in [6, 6.07) is 10.3. The fourth-order valence-corrected chi connectivity index (χ4v) is 5.02. The third-order valence-electron chi connectivity index (χ3n) is 7.39. The van der Waals surface area contributed by atoms with E-state index in [1.54, 1.807) is 6.92 Å². The van der Waals surface area contributed by atoms with Gasteiger partial charge in [0.1, 0.15) is 11.5 Å². The van der Waals surface area contributed by atoms with Crippen molar-refractivity contribution in [3.63, 3.8) is 0 Å². The number of pyridine rings is 1. The Labute approximate surface area is 206 Å². The lowest BCUT2D eigenvalue weighted by molar-refractivity contribution is -0.129. The average molecular weight is 479 g/mol. The highest BCUT2D eigenvalue weighted by Gasteiger charge is 2.26. The number of anilines is 4. The summed E-state index contributed by atoms with van der Waals surface area (Å²) in [5, 5.41) is 6.55. The van der Waals surface area contributed by atoms with E-state index >= 15 is 0 Å². The normalized spacial score (nSPS) is 22.0. The second-order valence-corrected chi connectivity index (χ2v) is 9.64. The summed E-state index contributed by atoms with van der Waals surface area (Å²) in [5.41, 5.74) is 4.46. The first-order valence-electron chi connectivity index (χ1n) is 12.5. The number of carbonyl (C=O) groups is 2. The van der Waals surface area contributed by atoms with Crippen molar-refractivity contribution in [3.8, 4) is 0 Å². The monoisotopic (exact) mass is 478 g/mol. The maximum absolute atomic E-state index is 13.4. The summed E-state index contributed by atoms with van der Waals surface area (Å²) in [4.78, 5) is 36.1. The van der Waals surface area contributed by atoms with Crippen molar-refractivity contribution in [2.45, 2.75) is 32.7 Å². The summed E-state index contributed by atoms with van der Waals surface area (Å²) in [6.07, 6.45) is 0. The molecular formula is C26H34N6O3. The van der Waals surface area contributed by atoms with Crippen molar-refractivity contribution in [1.82, 2.24) is 9.88 Å². The average Bonchev–Trinajstić information content (AvgIpc) is 3.17. The van der Waals surface area contributed by atoms with Crippen molar-refractivity contribution >= 4 is 34.7 Å². The van der Waals surface area contributed by atoms with Crippen molar-refractivity contribution < 1.29 is 14.3 Å². The molecule has 1 aromatic carbocycles. The van der Waals surface area contributed by atoms with Crippen LogP contribution in [-0.4, -0.2) is 80.2 Å². The molecule has 1 aromatic heterocycles. The maximum Gasteiger partial charge on any atom is 0.274 e. The molecule has 2 unspecified atom stereocenters. The second-order valence-electron chi connectivity index (χ2n) is 9.64. The quantitative estimate of drug-likeness (QED) is 0.698. The van der Waals surface area contributed by atoms with Gasteiger partial charge in [-0.3, -0.25) is 9.59 Å². The summed E-state index contributed by atoms with van der Waals surface area (Å²) in [7, 11) is 0. The van der Waals surface area contributed by atoms with E-state index in [4.69, 9.17) is 9.72 Å². The standard InChI is InChI=1S/C26H34N6O3/c1-17-18(2)27-23-5-4-20(14-22(17)23)28-26(34)24-15-21(31-8-6-30(7-9-31)19(3)33)16-25(29-24)32-10-12-35-13-11-32/h4-5,14-18,27H,6-13H2,1-3H3,(H,28,34). The number of nitrogens with zero attached hydrogens (tertiary/aromatic N) is 4. The third-order valence-corrected chi connectivity index (χ3v) is 7.39. The van der Waals surface area contributed by atoms with Gasteiger partial charge in [0.25, 0.3) is 5.91 Å². The van der Waals surface area contributed by atoms with Crippen LogP contribution in [0.5, 0.6) is 0 Å². The van der Waals surface area contributed by atoms with Crippen molar-refractivity contribution in [2.75, 3.05) is 72.9 Å². The van der Waals surface area contributed by atoms with E-state index in [1.807, 2.05) is 23.1 Å². The lowest BCUT2D eigenvalue weighted by Crippen LogP contribution is -2.48. The topological polar surface area (TPSA) is 90.0 Å². The Morgan fingerprint density at radius 1 is 1.00 bits per heavy atom. The minimum absolute atomic E-state index is 0.0988. The van der Waals surface area contributed by atoms with E-state index in [0.717, 1.165) is 49.1 Å². The molecule has 2 N–H and O–H groups in total. The van der Waals surface area contributed by atoms with Crippen LogP contribution in [0.15, 0.2) is 30.3 Å². The van der Waals surface area contributed by atoms with Crippen LogP contribution >= 0.6 is 0 Å². The predicted octanol–water partition coefficient (Wildman–Crippen LogP) is 2.76. The van der Waals surface area contributed by atoms with E-state index in [-0.39, 0.29) is 11.8 Å². The van der Waals surface area contributed by atoms with Crippen LogP contribution in [0.2, 0.25) is 0 Å². The van der Waals surface area contributed by atoms with Crippen LogP contribution in [0.3, 0.4) is 0 Å². The molecule has 3 aliphatic heterocycles. The predicted molar refractivity (Wildman–Crippen MR) is 138 cm³/mol. The largest absolute Gasteiger partial charge is 0.382 e. The lowest BCUT2D eigenvalue weighted by Gasteiger charge is -2.36. The van der Waals surface area contributed by atoms with Gasteiger partial charge < -0.3 is 30.1 Å². The minimum Gasteiger partial charge on any atom is -0.382 e. The van der Waals surface area contributed by atoms with Gasteiger partial charge in [-0.1, -0.05) is 6.92 Å².